The van der Waals surface area contributed by atoms with Crippen molar-refractivity contribution in [2.45, 2.75) is 12.5 Å². The molecule has 0 radical (unpaired) electrons. The lowest BCUT2D eigenvalue weighted by Gasteiger charge is -2.26. The number of nitrogens with zero attached hydrogens (tertiary/aromatic N) is 1. The van der Waals surface area contributed by atoms with E-state index in [4.69, 9.17) is 4.74 Å². The minimum Gasteiger partial charge on any atom is -0.376 e. The van der Waals surface area contributed by atoms with Crippen LogP contribution in [0.1, 0.15) is 6.42 Å². The standard InChI is InChI=1S/C11H17BrN2OS/c1-14(11-6-9(12)8-16-11)4-2-10-7-13-3-5-15-10/h6,8,10,13H,2-5,7H2,1H3. The van der Waals surface area contributed by atoms with Gasteiger partial charge in [-0.05, 0) is 28.4 Å². The Bertz CT molecular complexity index is 326. The van der Waals surface area contributed by atoms with E-state index >= 15 is 0 Å². The van der Waals surface area contributed by atoms with Gasteiger partial charge < -0.3 is 15.0 Å². The molecule has 0 amide bonds. The van der Waals surface area contributed by atoms with Gasteiger partial charge in [-0.2, -0.15) is 0 Å². The first-order valence-corrected chi connectivity index (χ1v) is 7.20. The molecule has 1 unspecified atom stereocenters. The molecule has 1 aromatic rings. The highest BCUT2D eigenvalue weighted by Crippen LogP contribution is 2.27. The van der Waals surface area contributed by atoms with Crippen LogP contribution in [0.25, 0.3) is 0 Å². The van der Waals surface area contributed by atoms with Crippen LogP contribution in [0.3, 0.4) is 0 Å². The molecule has 1 N–H and O–H groups in total. The van der Waals surface area contributed by atoms with Crippen LogP contribution < -0.4 is 10.2 Å². The Kier molecular flexibility index (Phi) is 4.64. The minimum atomic E-state index is 0.375. The largest absolute Gasteiger partial charge is 0.376 e. The van der Waals surface area contributed by atoms with E-state index in [0.29, 0.717) is 6.10 Å². The quantitative estimate of drug-likeness (QED) is 0.924. The van der Waals surface area contributed by atoms with Gasteiger partial charge in [-0.15, -0.1) is 11.3 Å². The van der Waals surface area contributed by atoms with E-state index in [1.165, 1.54) is 5.00 Å². The lowest BCUT2D eigenvalue weighted by atomic mass is 10.2. The molecule has 0 spiro atoms. The zero-order chi connectivity index (χ0) is 11.4. The van der Waals surface area contributed by atoms with Crippen molar-refractivity contribution in [2.24, 2.45) is 0 Å². The zero-order valence-electron chi connectivity index (χ0n) is 9.41. The van der Waals surface area contributed by atoms with Gasteiger partial charge in [0, 0.05) is 36.5 Å². The van der Waals surface area contributed by atoms with Gasteiger partial charge in [-0.25, -0.2) is 0 Å². The zero-order valence-corrected chi connectivity index (χ0v) is 11.8. The van der Waals surface area contributed by atoms with E-state index in [0.717, 1.165) is 37.1 Å². The third-order valence-electron chi connectivity index (χ3n) is 2.72. The molecular weight excluding hydrogens is 288 g/mol. The molecule has 1 fully saturated rings. The van der Waals surface area contributed by atoms with Crippen LogP contribution in [0, 0.1) is 0 Å². The summed E-state index contributed by atoms with van der Waals surface area (Å²) < 4.78 is 6.84. The maximum atomic E-state index is 5.67. The average molecular weight is 305 g/mol. The maximum Gasteiger partial charge on any atom is 0.0917 e. The summed E-state index contributed by atoms with van der Waals surface area (Å²) in [5.41, 5.74) is 0. The lowest BCUT2D eigenvalue weighted by Crippen LogP contribution is -2.40. The summed E-state index contributed by atoms with van der Waals surface area (Å²) in [5.74, 6) is 0. The van der Waals surface area contributed by atoms with Crippen molar-refractivity contribution < 1.29 is 4.74 Å². The first-order chi connectivity index (χ1) is 7.75. The fourth-order valence-corrected chi connectivity index (χ4v) is 3.17. The third kappa shape index (κ3) is 3.45. The van der Waals surface area contributed by atoms with Crippen molar-refractivity contribution in [3.63, 3.8) is 0 Å². The first kappa shape index (κ1) is 12.4. The Morgan fingerprint density at radius 1 is 1.69 bits per heavy atom. The summed E-state index contributed by atoms with van der Waals surface area (Å²) in [6.45, 7) is 3.87. The molecule has 5 heteroatoms. The van der Waals surface area contributed by atoms with E-state index in [2.05, 4.69) is 44.6 Å². The number of morpholine rings is 1. The molecule has 2 rings (SSSR count). The topological polar surface area (TPSA) is 24.5 Å². The van der Waals surface area contributed by atoms with E-state index in [9.17, 15) is 0 Å². The maximum absolute atomic E-state index is 5.67. The Balaban J connectivity index is 1.76. The normalized spacial score (nSPS) is 21.0. The van der Waals surface area contributed by atoms with Gasteiger partial charge in [-0.1, -0.05) is 0 Å². The van der Waals surface area contributed by atoms with E-state index in [1.54, 1.807) is 11.3 Å². The number of anilines is 1. The summed E-state index contributed by atoms with van der Waals surface area (Å²) in [6, 6.07) is 2.16. The van der Waals surface area contributed by atoms with Crippen molar-refractivity contribution in [1.29, 1.82) is 0 Å². The summed E-state index contributed by atoms with van der Waals surface area (Å²) in [4.78, 5) is 2.29. The van der Waals surface area contributed by atoms with Gasteiger partial charge >= 0.3 is 0 Å². The first-order valence-electron chi connectivity index (χ1n) is 5.53. The van der Waals surface area contributed by atoms with Crippen molar-refractivity contribution in [2.75, 3.05) is 38.2 Å². The summed E-state index contributed by atoms with van der Waals surface area (Å²) in [6.07, 6.45) is 1.46. The second-order valence-electron chi connectivity index (χ2n) is 4.01. The molecule has 16 heavy (non-hydrogen) atoms. The Labute approximate surface area is 109 Å². The molecule has 0 saturated carbocycles. The number of ether oxygens (including phenoxy) is 1. The highest BCUT2D eigenvalue weighted by molar-refractivity contribution is 9.10. The Hall–Kier alpha value is -0.100. The number of rotatable bonds is 4. The van der Waals surface area contributed by atoms with Gasteiger partial charge in [0.15, 0.2) is 0 Å². The number of nitrogens with one attached hydrogen (secondary N) is 1. The van der Waals surface area contributed by atoms with Crippen LogP contribution in [0.2, 0.25) is 0 Å². The molecule has 1 aromatic heterocycles. The second-order valence-corrected chi connectivity index (χ2v) is 5.82. The van der Waals surface area contributed by atoms with Gasteiger partial charge in [-0.3, -0.25) is 0 Å². The van der Waals surface area contributed by atoms with Gasteiger partial charge in [0.1, 0.15) is 0 Å². The predicted octanol–water partition coefficient (Wildman–Crippen LogP) is 2.33. The van der Waals surface area contributed by atoms with Crippen LogP contribution in [0.5, 0.6) is 0 Å². The highest BCUT2D eigenvalue weighted by Gasteiger charge is 2.14. The number of hydrogen-bond donors (Lipinski definition) is 1. The molecule has 0 aromatic carbocycles. The summed E-state index contributed by atoms with van der Waals surface area (Å²) in [5, 5.41) is 6.77. The molecule has 1 saturated heterocycles. The van der Waals surface area contributed by atoms with Crippen LogP contribution >= 0.6 is 27.3 Å². The van der Waals surface area contributed by atoms with E-state index < -0.39 is 0 Å². The molecule has 1 aliphatic rings. The smallest absolute Gasteiger partial charge is 0.0917 e. The van der Waals surface area contributed by atoms with Gasteiger partial charge in [0.05, 0.1) is 17.7 Å². The van der Waals surface area contributed by atoms with Crippen LogP contribution in [-0.4, -0.2) is 39.4 Å². The van der Waals surface area contributed by atoms with Crippen molar-refractivity contribution in [1.82, 2.24) is 5.32 Å². The average Bonchev–Trinajstić information content (AvgIpc) is 2.74. The molecule has 3 nitrogen and oxygen atoms in total. The Morgan fingerprint density at radius 2 is 2.56 bits per heavy atom. The lowest BCUT2D eigenvalue weighted by molar-refractivity contribution is 0.0250. The third-order valence-corrected chi connectivity index (χ3v) is 4.52. The Morgan fingerprint density at radius 3 is 3.19 bits per heavy atom. The number of thiophene rings is 1. The molecule has 0 bridgehead atoms. The number of halogens is 1. The van der Waals surface area contributed by atoms with Crippen molar-refractivity contribution in [3.8, 4) is 0 Å². The van der Waals surface area contributed by atoms with Crippen molar-refractivity contribution in [3.05, 3.63) is 15.9 Å². The minimum absolute atomic E-state index is 0.375. The van der Waals surface area contributed by atoms with Crippen LogP contribution in [-0.2, 0) is 4.74 Å². The summed E-state index contributed by atoms with van der Waals surface area (Å²) in [7, 11) is 2.13. The van der Waals surface area contributed by atoms with Crippen LogP contribution in [0.4, 0.5) is 5.00 Å². The molecular formula is C11H17BrN2OS. The fraction of sp³-hybridized carbons (Fsp3) is 0.636. The van der Waals surface area contributed by atoms with E-state index in [-0.39, 0.29) is 0 Å². The molecule has 1 aliphatic heterocycles. The monoisotopic (exact) mass is 304 g/mol. The fourth-order valence-electron chi connectivity index (χ4n) is 1.76. The van der Waals surface area contributed by atoms with Crippen LogP contribution in [0.15, 0.2) is 15.9 Å². The SMILES string of the molecule is CN(CCC1CNCCO1)c1cc(Br)cs1. The van der Waals surface area contributed by atoms with Gasteiger partial charge in [0.25, 0.3) is 0 Å². The molecule has 90 valence electrons. The highest BCUT2D eigenvalue weighted by atomic mass is 79.9. The molecule has 1 atom stereocenters. The van der Waals surface area contributed by atoms with Gasteiger partial charge in [0.2, 0.25) is 0 Å². The van der Waals surface area contributed by atoms with E-state index in [1.807, 2.05) is 0 Å². The van der Waals surface area contributed by atoms with Crippen molar-refractivity contribution >= 4 is 32.3 Å². The number of hydrogen-bond acceptors (Lipinski definition) is 4. The molecule has 0 aliphatic carbocycles. The molecule has 2 heterocycles. The summed E-state index contributed by atoms with van der Waals surface area (Å²) >= 11 is 5.24. The second kappa shape index (κ2) is 6.00. The predicted molar refractivity (Wildman–Crippen MR) is 72.5 cm³/mol.